The molecule has 94 valence electrons. The van der Waals surface area contributed by atoms with Crippen molar-refractivity contribution in [3.63, 3.8) is 0 Å². The van der Waals surface area contributed by atoms with Crippen molar-refractivity contribution in [2.75, 3.05) is 18.5 Å². The summed E-state index contributed by atoms with van der Waals surface area (Å²) in [4.78, 5) is 15.4. The second kappa shape index (κ2) is 5.83. The highest BCUT2D eigenvalue weighted by molar-refractivity contribution is 5.87. The molecule has 1 heterocycles. The Morgan fingerprint density at radius 3 is 3.00 bits per heavy atom. The van der Waals surface area contributed by atoms with Crippen LogP contribution in [0.15, 0.2) is 43.0 Å². The topological polar surface area (TPSA) is 76.4 Å². The predicted molar refractivity (Wildman–Crippen MR) is 65.6 cm³/mol. The number of imidazole rings is 1. The number of carbonyl (C=O) groups excluding carboxylic acids is 1. The van der Waals surface area contributed by atoms with Crippen molar-refractivity contribution < 1.29 is 14.6 Å². The third kappa shape index (κ3) is 2.86. The van der Waals surface area contributed by atoms with Gasteiger partial charge in [0.1, 0.15) is 6.61 Å². The number of nitrogens with zero attached hydrogens (tertiary/aromatic N) is 2. The van der Waals surface area contributed by atoms with Gasteiger partial charge in [-0.1, -0.05) is 12.1 Å². The second-order valence-corrected chi connectivity index (χ2v) is 3.47. The molecule has 18 heavy (non-hydrogen) atoms. The SMILES string of the molecule is O=C(Nc1ccccc1-n1ccnc1)OCCO. The smallest absolute Gasteiger partial charge is 0.411 e. The van der Waals surface area contributed by atoms with Gasteiger partial charge in [0.15, 0.2) is 0 Å². The molecule has 0 unspecified atom stereocenters. The summed E-state index contributed by atoms with van der Waals surface area (Å²) >= 11 is 0. The number of aliphatic hydroxyl groups is 1. The number of rotatable bonds is 4. The maximum atomic E-state index is 11.4. The number of anilines is 1. The summed E-state index contributed by atoms with van der Waals surface area (Å²) in [6.07, 6.45) is 4.47. The van der Waals surface area contributed by atoms with Gasteiger partial charge in [0, 0.05) is 12.4 Å². The Morgan fingerprint density at radius 2 is 2.28 bits per heavy atom. The lowest BCUT2D eigenvalue weighted by Gasteiger charge is -2.11. The van der Waals surface area contributed by atoms with Crippen LogP contribution in [0, 0.1) is 0 Å². The number of nitrogens with one attached hydrogen (secondary N) is 1. The average Bonchev–Trinajstić information content (AvgIpc) is 2.91. The van der Waals surface area contributed by atoms with E-state index in [1.807, 2.05) is 18.2 Å². The molecule has 0 fully saturated rings. The zero-order valence-electron chi connectivity index (χ0n) is 9.61. The Hall–Kier alpha value is -2.34. The Bertz CT molecular complexity index is 511. The number of ether oxygens (including phenoxy) is 1. The van der Waals surface area contributed by atoms with Crippen LogP contribution in [0.25, 0.3) is 5.69 Å². The summed E-state index contributed by atoms with van der Waals surface area (Å²) in [5.41, 5.74) is 1.40. The largest absolute Gasteiger partial charge is 0.447 e. The monoisotopic (exact) mass is 247 g/mol. The summed E-state index contributed by atoms with van der Waals surface area (Å²) in [6.45, 7) is -0.227. The van der Waals surface area contributed by atoms with Crippen LogP contribution < -0.4 is 5.32 Å². The number of aliphatic hydroxyl groups excluding tert-OH is 1. The highest BCUT2D eigenvalue weighted by Crippen LogP contribution is 2.19. The van der Waals surface area contributed by atoms with Crippen LogP contribution in [0.2, 0.25) is 0 Å². The first kappa shape index (κ1) is 12.1. The van der Waals surface area contributed by atoms with E-state index in [-0.39, 0.29) is 13.2 Å². The standard InChI is InChI=1S/C12H13N3O3/c16-7-8-18-12(17)14-10-3-1-2-4-11(10)15-6-5-13-9-15/h1-6,9,16H,7-8H2,(H,14,17). The van der Waals surface area contributed by atoms with Crippen LogP contribution in [0.1, 0.15) is 0 Å². The van der Waals surface area contributed by atoms with Gasteiger partial charge >= 0.3 is 6.09 Å². The Kier molecular flexibility index (Phi) is 3.93. The summed E-state index contributed by atoms with van der Waals surface area (Å²) in [6, 6.07) is 7.28. The van der Waals surface area contributed by atoms with E-state index in [1.54, 1.807) is 29.4 Å². The molecule has 1 amide bonds. The maximum Gasteiger partial charge on any atom is 0.411 e. The zero-order chi connectivity index (χ0) is 12.8. The molecule has 0 saturated carbocycles. The minimum Gasteiger partial charge on any atom is -0.447 e. The molecule has 0 radical (unpaired) electrons. The van der Waals surface area contributed by atoms with Gasteiger partial charge in [0.25, 0.3) is 0 Å². The van der Waals surface area contributed by atoms with Crippen LogP contribution in [0.3, 0.4) is 0 Å². The molecule has 0 atom stereocenters. The zero-order valence-corrected chi connectivity index (χ0v) is 9.61. The van der Waals surface area contributed by atoms with Crippen LogP contribution in [0.4, 0.5) is 10.5 Å². The van der Waals surface area contributed by atoms with E-state index in [0.717, 1.165) is 5.69 Å². The first-order chi connectivity index (χ1) is 8.81. The van der Waals surface area contributed by atoms with Gasteiger partial charge < -0.3 is 14.4 Å². The number of hydrogen-bond acceptors (Lipinski definition) is 4. The molecular formula is C12H13N3O3. The number of aromatic nitrogens is 2. The van der Waals surface area contributed by atoms with Crippen LogP contribution in [-0.2, 0) is 4.74 Å². The van der Waals surface area contributed by atoms with E-state index < -0.39 is 6.09 Å². The molecular weight excluding hydrogens is 234 g/mol. The average molecular weight is 247 g/mol. The van der Waals surface area contributed by atoms with Gasteiger partial charge in [-0.05, 0) is 12.1 Å². The molecule has 0 spiro atoms. The molecule has 1 aromatic carbocycles. The quantitative estimate of drug-likeness (QED) is 0.856. The van der Waals surface area contributed by atoms with Crippen molar-refractivity contribution in [3.8, 4) is 5.69 Å². The van der Waals surface area contributed by atoms with Gasteiger partial charge in [0.2, 0.25) is 0 Å². The lowest BCUT2D eigenvalue weighted by molar-refractivity contribution is 0.131. The van der Waals surface area contributed by atoms with Gasteiger partial charge in [-0.2, -0.15) is 0 Å². The lowest BCUT2D eigenvalue weighted by Crippen LogP contribution is -2.16. The van der Waals surface area contributed by atoms with Crippen molar-refractivity contribution in [2.24, 2.45) is 0 Å². The second-order valence-electron chi connectivity index (χ2n) is 3.47. The molecule has 0 saturated heterocycles. The first-order valence-electron chi connectivity index (χ1n) is 5.43. The Balaban J connectivity index is 2.16. The van der Waals surface area contributed by atoms with Crippen molar-refractivity contribution in [1.29, 1.82) is 0 Å². The summed E-state index contributed by atoms with van der Waals surface area (Å²) in [5.74, 6) is 0. The highest BCUT2D eigenvalue weighted by Gasteiger charge is 2.07. The van der Waals surface area contributed by atoms with E-state index in [1.165, 1.54) is 0 Å². The van der Waals surface area contributed by atoms with E-state index in [2.05, 4.69) is 10.3 Å². The summed E-state index contributed by atoms with van der Waals surface area (Å²) in [7, 11) is 0. The summed E-state index contributed by atoms with van der Waals surface area (Å²) in [5, 5.41) is 11.2. The minimum absolute atomic E-state index is 0.0287. The van der Waals surface area contributed by atoms with E-state index >= 15 is 0 Å². The fraction of sp³-hybridized carbons (Fsp3) is 0.167. The maximum absolute atomic E-state index is 11.4. The number of carbonyl (C=O) groups is 1. The Morgan fingerprint density at radius 1 is 1.44 bits per heavy atom. The molecule has 2 aromatic rings. The Labute approximate surface area is 104 Å². The lowest BCUT2D eigenvalue weighted by atomic mass is 10.2. The number of para-hydroxylation sites is 2. The molecule has 2 rings (SSSR count). The fourth-order valence-electron chi connectivity index (χ4n) is 1.49. The number of hydrogen-bond donors (Lipinski definition) is 2. The molecule has 0 bridgehead atoms. The molecule has 1 aromatic heterocycles. The molecule has 0 aliphatic heterocycles. The van der Waals surface area contributed by atoms with Crippen LogP contribution >= 0.6 is 0 Å². The van der Waals surface area contributed by atoms with Gasteiger partial charge in [-0.15, -0.1) is 0 Å². The van der Waals surface area contributed by atoms with Crippen LogP contribution in [-0.4, -0.2) is 34.0 Å². The number of benzene rings is 1. The van der Waals surface area contributed by atoms with E-state index in [9.17, 15) is 4.79 Å². The first-order valence-corrected chi connectivity index (χ1v) is 5.43. The number of amides is 1. The van der Waals surface area contributed by atoms with E-state index in [4.69, 9.17) is 9.84 Å². The predicted octanol–water partition coefficient (Wildman–Crippen LogP) is 1.41. The third-order valence-corrected chi connectivity index (χ3v) is 2.25. The minimum atomic E-state index is -0.600. The molecule has 6 heteroatoms. The van der Waals surface area contributed by atoms with Crippen LogP contribution in [0.5, 0.6) is 0 Å². The summed E-state index contributed by atoms with van der Waals surface area (Å²) < 4.78 is 6.52. The van der Waals surface area contributed by atoms with Crippen molar-refractivity contribution in [2.45, 2.75) is 0 Å². The third-order valence-electron chi connectivity index (χ3n) is 2.25. The molecule has 6 nitrogen and oxygen atoms in total. The van der Waals surface area contributed by atoms with Gasteiger partial charge in [-0.3, -0.25) is 5.32 Å². The highest BCUT2D eigenvalue weighted by atomic mass is 16.6. The van der Waals surface area contributed by atoms with Gasteiger partial charge in [0.05, 0.1) is 24.3 Å². The molecule has 0 aliphatic rings. The normalized spacial score (nSPS) is 10.1. The van der Waals surface area contributed by atoms with E-state index in [0.29, 0.717) is 5.69 Å². The van der Waals surface area contributed by atoms with Crippen molar-refractivity contribution in [3.05, 3.63) is 43.0 Å². The van der Waals surface area contributed by atoms with Crippen molar-refractivity contribution in [1.82, 2.24) is 9.55 Å². The fourth-order valence-corrected chi connectivity index (χ4v) is 1.49. The van der Waals surface area contributed by atoms with Crippen molar-refractivity contribution >= 4 is 11.8 Å². The molecule has 0 aliphatic carbocycles. The van der Waals surface area contributed by atoms with Gasteiger partial charge in [-0.25, -0.2) is 9.78 Å². The molecule has 2 N–H and O–H groups in total.